The van der Waals surface area contributed by atoms with Crippen molar-refractivity contribution in [2.75, 3.05) is 7.11 Å². The van der Waals surface area contributed by atoms with Crippen molar-refractivity contribution in [2.45, 2.75) is 51.0 Å². The quantitative estimate of drug-likeness (QED) is 0.818. The molecule has 1 atom stereocenters. The van der Waals surface area contributed by atoms with Crippen LogP contribution in [0.3, 0.4) is 0 Å². The maximum Gasteiger partial charge on any atom is 0.326 e. The first-order chi connectivity index (χ1) is 9.66. The van der Waals surface area contributed by atoms with Crippen LogP contribution in [0.4, 0.5) is 0 Å². The SMILES string of the molecule is CCCC(C)(NS(=O)(=O)c1cc(C)ccc1C)C(=O)OC. The van der Waals surface area contributed by atoms with Gasteiger partial charge in [-0.3, -0.25) is 4.79 Å². The molecule has 0 saturated carbocycles. The van der Waals surface area contributed by atoms with Crippen molar-refractivity contribution < 1.29 is 17.9 Å². The average Bonchev–Trinajstić information content (AvgIpc) is 2.40. The third kappa shape index (κ3) is 4.04. The number of carbonyl (C=O) groups excluding carboxylic acids is 1. The van der Waals surface area contributed by atoms with Gasteiger partial charge in [0.25, 0.3) is 0 Å². The zero-order chi connectivity index (χ0) is 16.3. The Hall–Kier alpha value is -1.40. The number of rotatable bonds is 6. The molecule has 0 aliphatic carbocycles. The highest BCUT2D eigenvalue weighted by molar-refractivity contribution is 7.89. The van der Waals surface area contributed by atoms with E-state index in [-0.39, 0.29) is 4.90 Å². The van der Waals surface area contributed by atoms with Crippen LogP contribution in [-0.2, 0) is 19.6 Å². The van der Waals surface area contributed by atoms with Crippen LogP contribution in [0.5, 0.6) is 0 Å². The van der Waals surface area contributed by atoms with Gasteiger partial charge in [-0.1, -0.05) is 25.5 Å². The highest BCUT2D eigenvalue weighted by atomic mass is 32.2. The average molecular weight is 313 g/mol. The summed E-state index contributed by atoms with van der Waals surface area (Å²) < 4.78 is 32.4. The van der Waals surface area contributed by atoms with Crippen molar-refractivity contribution >= 4 is 16.0 Å². The molecule has 0 spiro atoms. The van der Waals surface area contributed by atoms with Gasteiger partial charge in [-0.2, -0.15) is 4.72 Å². The Morgan fingerprint density at radius 3 is 2.48 bits per heavy atom. The summed E-state index contributed by atoms with van der Waals surface area (Å²) in [4.78, 5) is 12.1. The molecule has 0 fully saturated rings. The number of esters is 1. The first kappa shape index (κ1) is 17.7. The number of nitrogens with one attached hydrogen (secondary N) is 1. The number of aryl methyl sites for hydroxylation is 2. The number of carbonyl (C=O) groups is 1. The third-order valence-electron chi connectivity index (χ3n) is 3.38. The van der Waals surface area contributed by atoms with Crippen LogP contribution in [0, 0.1) is 13.8 Å². The van der Waals surface area contributed by atoms with Gasteiger partial charge < -0.3 is 4.74 Å². The zero-order valence-corrected chi connectivity index (χ0v) is 14.0. The molecule has 0 aliphatic heterocycles. The molecular formula is C15H23NO4S. The van der Waals surface area contributed by atoms with E-state index < -0.39 is 21.5 Å². The topological polar surface area (TPSA) is 72.5 Å². The largest absolute Gasteiger partial charge is 0.468 e. The molecule has 0 aliphatic rings. The summed E-state index contributed by atoms with van der Waals surface area (Å²) in [7, 11) is -2.55. The van der Waals surface area contributed by atoms with Gasteiger partial charge >= 0.3 is 5.97 Å². The fourth-order valence-electron chi connectivity index (χ4n) is 2.27. The summed E-state index contributed by atoms with van der Waals surface area (Å²) in [5.74, 6) is -0.585. The smallest absolute Gasteiger partial charge is 0.326 e. The van der Waals surface area contributed by atoms with Crippen molar-refractivity contribution in [3.63, 3.8) is 0 Å². The molecule has 0 saturated heterocycles. The first-order valence-electron chi connectivity index (χ1n) is 6.86. The van der Waals surface area contributed by atoms with Crippen molar-refractivity contribution in [3.05, 3.63) is 29.3 Å². The maximum atomic E-state index is 12.6. The van der Waals surface area contributed by atoms with Gasteiger partial charge in [0.2, 0.25) is 10.0 Å². The predicted octanol–water partition coefficient (Wildman–Crippen LogP) is 2.31. The summed E-state index contributed by atoms with van der Waals surface area (Å²) >= 11 is 0. The van der Waals surface area contributed by atoms with Gasteiger partial charge in [0, 0.05) is 0 Å². The number of hydrogen-bond donors (Lipinski definition) is 1. The molecule has 0 amide bonds. The molecule has 1 aromatic carbocycles. The van der Waals surface area contributed by atoms with E-state index in [2.05, 4.69) is 4.72 Å². The van der Waals surface area contributed by atoms with E-state index in [1.807, 2.05) is 19.9 Å². The van der Waals surface area contributed by atoms with E-state index in [0.29, 0.717) is 18.4 Å². The van der Waals surface area contributed by atoms with Crippen LogP contribution in [0.15, 0.2) is 23.1 Å². The van der Waals surface area contributed by atoms with Crippen LogP contribution in [-0.4, -0.2) is 27.0 Å². The van der Waals surface area contributed by atoms with Crippen molar-refractivity contribution in [2.24, 2.45) is 0 Å². The molecule has 1 rings (SSSR count). The molecule has 118 valence electrons. The minimum absolute atomic E-state index is 0.189. The second kappa shape index (κ2) is 6.58. The van der Waals surface area contributed by atoms with Gasteiger partial charge in [0.15, 0.2) is 0 Å². The summed E-state index contributed by atoms with van der Waals surface area (Å²) in [6, 6.07) is 5.19. The lowest BCUT2D eigenvalue weighted by Crippen LogP contribution is -2.52. The summed E-state index contributed by atoms with van der Waals surface area (Å²) in [6.45, 7) is 6.98. The van der Waals surface area contributed by atoms with E-state index in [0.717, 1.165) is 5.56 Å². The summed E-state index contributed by atoms with van der Waals surface area (Å²) in [5.41, 5.74) is 0.214. The first-order valence-corrected chi connectivity index (χ1v) is 8.34. The van der Waals surface area contributed by atoms with E-state index in [9.17, 15) is 13.2 Å². The lowest BCUT2D eigenvalue weighted by atomic mass is 9.98. The second-order valence-corrected chi connectivity index (χ2v) is 7.10. The van der Waals surface area contributed by atoms with E-state index in [1.54, 1.807) is 26.0 Å². The van der Waals surface area contributed by atoms with Crippen LogP contribution in [0.25, 0.3) is 0 Å². The Balaban J connectivity index is 3.24. The Morgan fingerprint density at radius 1 is 1.33 bits per heavy atom. The van der Waals surface area contributed by atoms with Crippen molar-refractivity contribution in [3.8, 4) is 0 Å². The standard InChI is InChI=1S/C15H23NO4S/c1-6-9-15(4,14(17)20-5)16-21(18,19)13-10-11(2)7-8-12(13)3/h7-8,10,16H,6,9H2,1-5H3. The van der Waals surface area contributed by atoms with Crippen LogP contribution < -0.4 is 4.72 Å². The molecule has 1 unspecified atom stereocenters. The predicted molar refractivity (Wildman–Crippen MR) is 81.6 cm³/mol. The molecule has 21 heavy (non-hydrogen) atoms. The molecule has 1 aromatic rings. The third-order valence-corrected chi connectivity index (χ3v) is 5.12. The molecule has 0 radical (unpaired) electrons. The molecule has 6 heteroatoms. The molecule has 1 N–H and O–H groups in total. The van der Waals surface area contributed by atoms with Crippen molar-refractivity contribution in [1.29, 1.82) is 0 Å². The molecule has 0 heterocycles. The van der Waals surface area contributed by atoms with Gasteiger partial charge in [-0.15, -0.1) is 0 Å². The molecule has 5 nitrogen and oxygen atoms in total. The molecule has 0 bridgehead atoms. The minimum Gasteiger partial charge on any atom is -0.468 e. The number of benzene rings is 1. The fourth-order valence-corrected chi connectivity index (χ4v) is 3.99. The number of hydrogen-bond acceptors (Lipinski definition) is 4. The Bertz CT molecular complexity index is 625. The number of methoxy groups -OCH3 is 1. The highest BCUT2D eigenvalue weighted by Gasteiger charge is 2.38. The monoisotopic (exact) mass is 313 g/mol. The minimum atomic E-state index is -3.80. The Kier molecular flexibility index (Phi) is 5.53. The van der Waals surface area contributed by atoms with Gasteiger partial charge in [0.05, 0.1) is 12.0 Å². The van der Waals surface area contributed by atoms with Gasteiger partial charge in [0.1, 0.15) is 5.54 Å². The van der Waals surface area contributed by atoms with Gasteiger partial charge in [-0.05, 0) is 44.4 Å². The fraction of sp³-hybridized carbons (Fsp3) is 0.533. The highest BCUT2D eigenvalue weighted by Crippen LogP contribution is 2.22. The lowest BCUT2D eigenvalue weighted by molar-refractivity contribution is -0.147. The number of ether oxygens (including phenoxy) is 1. The maximum absolute atomic E-state index is 12.6. The van der Waals surface area contributed by atoms with Crippen LogP contribution in [0.1, 0.15) is 37.8 Å². The van der Waals surface area contributed by atoms with E-state index in [1.165, 1.54) is 7.11 Å². The molecule has 0 aromatic heterocycles. The lowest BCUT2D eigenvalue weighted by Gasteiger charge is -2.27. The van der Waals surface area contributed by atoms with E-state index >= 15 is 0 Å². The normalized spacial score (nSPS) is 14.5. The van der Waals surface area contributed by atoms with Crippen molar-refractivity contribution in [1.82, 2.24) is 4.72 Å². The second-order valence-electron chi connectivity index (χ2n) is 5.45. The zero-order valence-electron chi connectivity index (χ0n) is 13.2. The van der Waals surface area contributed by atoms with Crippen LogP contribution >= 0.6 is 0 Å². The van der Waals surface area contributed by atoms with Gasteiger partial charge in [-0.25, -0.2) is 8.42 Å². The van der Waals surface area contributed by atoms with E-state index in [4.69, 9.17) is 4.74 Å². The summed E-state index contributed by atoms with van der Waals surface area (Å²) in [5, 5.41) is 0. The molecular weight excluding hydrogens is 290 g/mol. The number of sulfonamides is 1. The Morgan fingerprint density at radius 2 is 1.95 bits per heavy atom. The van der Waals surface area contributed by atoms with Crippen LogP contribution in [0.2, 0.25) is 0 Å². The summed E-state index contributed by atoms with van der Waals surface area (Å²) in [6.07, 6.45) is 1.02. The Labute approximate surface area is 126 Å².